The molecule has 79 heavy (non-hydrogen) atoms. The van der Waals surface area contributed by atoms with Gasteiger partial charge in [-0.1, -0.05) is 19.1 Å². The number of quaternary nitrogens is 1. The molecule has 0 aliphatic carbocycles. The predicted molar refractivity (Wildman–Crippen MR) is 293 cm³/mol. The van der Waals surface area contributed by atoms with Crippen LogP contribution in [0, 0.1) is 17.6 Å². The topological polar surface area (TPSA) is 197 Å². The molecule has 9 heterocycles. The van der Waals surface area contributed by atoms with Gasteiger partial charge in [-0.3, -0.25) is 33.5 Å². The van der Waals surface area contributed by atoms with Crippen molar-refractivity contribution in [3.05, 3.63) is 81.9 Å². The first-order valence-corrected chi connectivity index (χ1v) is 28.5. The second kappa shape index (κ2) is 20.7. The van der Waals surface area contributed by atoms with Crippen LogP contribution in [0.2, 0.25) is 0 Å². The molecule has 12 rings (SSSR count). The Bertz CT molecular complexity index is 3450. The van der Waals surface area contributed by atoms with Gasteiger partial charge in [0.1, 0.15) is 46.8 Å². The minimum atomic E-state index is -1.01. The highest BCUT2D eigenvalue weighted by Gasteiger charge is 2.60. The Morgan fingerprint density at radius 1 is 0.911 bits per heavy atom. The van der Waals surface area contributed by atoms with E-state index < -0.39 is 29.2 Å². The molecule has 6 aromatic rings. The molecule has 0 radical (unpaired) electrons. The normalized spacial score (nSPS) is 25.4. The summed E-state index contributed by atoms with van der Waals surface area (Å²) in [6.45, 7) is 10.7. The highest BCUT2D eigenvalue weighted by atomic mass is 19.1. The van der Waals surface area contributed by atoms with Gasteiger partial charge in [0, 0.05) is 83.6 Å². The summed E-state index contributed by atoms with van der Waals surface area (Å²) in [6, 6.07) is 11.2. The van der Waals surface area contributed by atoms with Crippen molar-refractivity contribution in [2.24, 2.45) is 13.0 Å². The van der Waals surface area contributed by atoms with Crippen molar-refractivity contribution in [1.29, 1.82) is 0 Å². The highest BCUT2D eigenvalue weighted by molar-refractivity contribution is 6.02. The minimum Gasteiger partial charge on any atom is -0.508 e. The van der Waals surface area contributed by atoms with Crippen molar-refractivity contribution >= 4 is 56.4 Å². The molecule has 18 nitrogen and oxygen atoms in total. The number of imidazole rings is 1. The number of hydrogen-bond acceptors (Lipinski definition) is 13. The number of aryl methyl sites for hydroxylation is 2. The van der Waals surface area contributed by atoms with Crippen molar-refractivity contribution in [2.75, 3.05) is 77.1 Å². The Labute approximate surface area is 456 Å². The molecule has 3 amide bonds. The van der Waals surface area contributed by atoms with Crippen LogP contribution in [0.4, 0.5) is 19.4 Å². The number of aromatic hydroxyl groups is 1. The lowest BCUT2D eigenvalue weighted by Crippen LogP contribution is -2.61. The molecular formula is C59H71F2N10O8+. The molecule has 6 aliphatic heterocycles. The standard InChI is InChI=1S/C59H70F2N10O8/c1-4-41-44(60)10-8-39-28-40(72)30-42(49(39)41)51-50(61)52-43(31-62-51)53(69-21-5-18-58(2,77)33-69)65-55(64-52)78-34-59-19-6-26-71(59,27-7-20-59)35-79-57(76)68-24-14-36(15-25-68)32-67-22-16-37(17-23-67)38-9-11-45-47(29-38)66(3)56(75)70(45)46-12-13-48(73)63-54(46)74/h8-11,28-31,36-37,46,77H,4-7,12-27,32-35H2,1-3H3,(H-,63,72,73,74)/p+1/t46?,58-,59?,71?/m1/s1. The second-order valence-electron chi connectivity index (χ2n) is 23.8. The summed E-state index contributed by atoms with van der Waals surface area (Å²) < 4.78 is 49.2. The number of fused-ring (bicyclic) bond motifs is 4. The van der Waals surface area contributed by atoms with Gasteiger partial charge in [0.25, 0.3) is 0 Å². The number of ether oxygens (including phenoxy) is 2. The number of halogens is 2. The number of aliphatic hydroxyl groups is 1. The molecular weight excluding hydrogens is 1010 g/mol. The van der Waals surface area contributed by atoms with E-state index in [9.17, 15) is 29.4 Å². The number of benzene rings is 3. The molecule has 0 spiro atoms. The minimum absolute atomic E-state index is 0.0206. The number of pyridine rings is 1. The molecule has 20 heteroatoms. The van der Waals surface area contributed by atoms with E-state index in [1.165, 1.54) is 34.5 Å². The zero-order valence-corrected chi connectivity index (χ0v) is 45.4. The number of carbonyl (C=O) groups excluding carboxylic acids is 3. The maximum Gasteiger partial charge on any atom is 0.414 e. The number of nitrogens with one attached hydrogen (secondary N) is 1. The van der Waals surface area contributed by atoms with Gasteiger partial charge in [0.15, 0.2) is 5.82 Å². The van der Waals surface area contributed by atoms with Crippen molar-refractivity contribution in [2.45, 2.75) is 120 Å². The van der Waals surface area contributed by atoms with Gasteiger partial charge in [0.05, 0.1) is 35.1 Å². The monoisotopic (exact) mass is 1090 g/mol. The number of phenolic OH excluding ortho intramolecular Hbond substituents is 1. The number of rotatable bonds is 12. The maximum absolute atomic E-state index is 17.3. The largest absolute Gasteiger partial charge is 0.508 e. The summed E-state index contributed by atoms with van der Waals surface area (Å²) >= 11 is 0. The number of aromatic nitrogens is 5. The van der Waals surface area contributed by atoms with Crippen LogP contribution < -0.4 is 20.6 Å². The molecule has 3 aromatic heterocycles. The number of hydrogen-bond donors (Lipinski definition) is 3. The van der Waals surface area contributed by atoms with Crippen LogP contribution in [-0.2, 0) is 27.8 Å². The van der Waals surface area contributed by atoms with Crippen molar-refractivity contribution in [1.82, 2.24) is 39.2 Å². The van der Waals surface area contributed by atoms with Crippen LogP contribution in [-0.4, -0.2) is 150 Å². The molecule has 6 aliphatic rings. The third-order valence-electron chi connectivity index (χ3n) is 18.8. The Kier molecular flexibility index (Phi) is 13.9. The molecule has 0 saturated carbocycles. The van der Waals surface area contributed by atoms with Gasteiger partial charge in [-0.05, 0) is 135 Å². The zero-order chi connectivity index (χ0) is 55.0. The number of nitrogens with zero attached hydrogens (tertiary/aromatic N) is 9. The second-order valence-corrected chi connectivity index (χ2v) is 23.8. The van der Waals surface area contributed by atoms with Crippen LogP contribution in [0.25, 0.3) is 44.0 Å². The number of amides is 3. The van der Waals surface area contributed by atoms with Gasteiger partial charge in [0.2, 0.25) is 18.5 Å². The molecule has 3 N–H and O–H groups in total. The van der Waals surface area contributed by atoms with E-state index in [4.69, 9.17) is 19.4 Å². The molecule has 418 valence electrons. The van der Waals surface area contributed by atoms with Crippen LogP contribution in [0.3, 0.4) is 0 Å². The fourth-order valence-corrected chi connectivity index (χ4v) is 14.5. The number of β-amino-alcohol motifs (C(OH)–C–C–N with tert-alkyl or cyclic N) is 1. The Balaban J connectivity index is 0.689. The van der Waals surface area contributed by atoms with Crippen LogP contribution in [0.15, 0.2) is 53.5 Å². The summed E-state index contributed by atoms with van der Waals surface area (Å²) in [7, 11) is 1.73. The van der Waals surface area contributed by atoms with E-state index in [2.05, 4.69) is 27.3 Å². The summed E-state index contributed by atoms with van der Waals surface area (Å²) in [6.07, 6.45) is 10.7. The van der Waals surface area contributed by atoms with Crippen molar-refractivity contribution in [3.63, 3.8) is 0 Å². The number of anilines is 1. The van der Waals surface area contributed by atoms with E-state index in [0.717, 1.165) is 89.6 Å². The van der Waals surface area contributed by atoms with Gasteiger partial charge < -0.3 is 34.4 Å². The first-order chi connectivity index (χ1) is 38.0. The SMILES string of the molecule is CCc1c(F)ccc2cc(O)cc(-c3ncc4c(N5CCC[C@@](C)(O)C5)nc(OCC56CCC[N+]5(COC(=O)N5CCC(CN7CCC(c8ccc9c(c8)n(C)c(=O)n9C8CCC(=O)NC8=O)CC7)CC5)CCC6)nc4c3F)c12. The molecule has 1 unspecified atom stereocenters. The van der Waals surface area contributed by atoms with E-state index in [-0.39, 0.29) is 78.1 Å². The number of carbonyl (C=O) groups is 3. The summed E-state index contributed by atoms with van der Waals surface area (Å²) in [5.41, 5.74) is 1.50. The first-order valence-electron chi connectivity index (χ1n) is 28.5. The third kappa shape index (κ3) is 9.64. The molecule has 0 bridgehead atoms. The Morgan fingerprint density at radius 3 is 2.42 bits per heavy atom. The fourth-order valence-electron chi connectivity index (χ4n) is 14.5. The van der Waals surface area contributed by atoms with Gasteiger partial charge in [-0.25, -0.2) is 18.4 Å². The number of phenols is 1. The van der Waals surface area contributed by atoms with Gasteiger partial charge in [-0.2, -0.15) is 9.97 Å². The van der Waals surface area contributed by atoms with E-state index in [1.807, 2.05) is 22.8 Å². The third-order valence-corrected chi connectivity index (χ3v) is 18.8. The zero-order valence-electron chi connectivity index (χ0n) is 45.4. The summed E-state index contributed by atoms with van der Waals surface area (Å²) in [4.78, 5) is 72.3. The number of likely N-dealkylation sites (tertiary alicyclic amines) is 2. The lowest BCUT2D eigenvalue weighted by Gasteiger charge is -2.43. The molecule has 6 fully saturated rings. The van der Waals surface area contributed by atoms with Crippen LogP contribution in [0.5, 0.6) is 11.8 Å². The average Bonchev–Trinajstić information content (AvgIpc) is 4.31. The maximum atomic E-state index is 17.3. The van der Waals surface area contributed by atoms with Crippen LogP contribution >= 0.6 is 0 Å². The van der Waals surface area contributed by atoms with Gasteiger partial charge >= 0.3 is 17.8 Å². The number of imide groups is 1. The van der Waals surface area contributed by atoms with Gasteiger partial charge in [-0.15, -0.1) is 0 Å². The van der Waals surface area contributed by atoms with E-state index in [1.54, 1.807) is 24.6 Å². The lowest BCUT2D eigenvalue weighted by atomic mass is 9.88. The van der Waals surface area contributed by atoms with Crippen LogP contribution in [0.1, 0.15) is 114 Å². The predicted octanol–water partition coefficient (Wildman–Crippen LogP) is 7.58. The Morgan fingerprint density at radius 2 is 1.68 bits per heavy atom. The number of piperidine rings is 4. The summed E-state index contributed by atoms with van der Waals surface area (Å²) in [5.74, 6) is -0.862. The molecule has 3 aromatic carbocycles. The Hall–Kier alpha value is -6.77. The first kappa shape index (κ1) is 52.9. The quantitative estimate of drug-likeness (QED) is 0.0802. The average molecular weight is 1090 g/mol. The summed E-state index contributed by atoms with van der Waals surface area (Å²) in [5, 5.41) is 25.7. The molecule has 2 atom stereocenters. The smallest absolute Gasteiger partial charge is 0.414 e. The van der Waals surface area contributed by atoms with E-state index in [0.29, 0.717) is 94.7 Å². The fraction of sp³-hybridized carbons (Fsp3) is 0.542. The molecule has 6 saturated heterocycles. The van der Waals surface area contributed by atoms with Crippen molar-refractivity contribution < 1.29 is 47.3 Å². The highest BCUT2D eigenvalue weighted by Crippen LogP contribution is 2.47. The van der Waals surface area contributed by atoms with E-state index >= 15 is 8.78 Å². The lowest BCUT2D eigenvalue weighted by molar-refractivity contribution is -0.966. The van der Waals surface area contributed by atoms with Crippen molar-refractivity contribution in [3.8, 4) is 23.0 Å².